The van der Waals surface area contributed by atoms with Crippen LogP contribution in [0.2, 0.25) is 0 Å². The predicted octanol–water partition coefficient (Wildman–Crippen LogP) is 4.81. The van der Waals surface area contributed by atoms with Crippen molar-refractivity contribution in [2.45, 2.75) is 42.9 Å². The summed E-state index contributed by atoms with van der Waals surface area (Å²) in [6.45, 7) is 1.75. The van der Waals surface area contributed by atoms with Crippen LogP contribution in [0.15, 0.2) is 53.4 Å². The van der Waals surface area contributed by atoms with Gasteiger partial charge in [0.25, 0.3) is 5.91 Å². The number of carbonyl (C=O) groups is 1. The lowest BCUT2D eigenvalue weighted by molar-refractivity contribution is -0.137. The fourth-order valence-electron chi connectivity index (χ4n) is 3.08. The van der Waals surface area contributed by atoms with Crippen molar-refractivity contribution in [2.24, 2.45) is 0 Å². The van der Waals surface area contributed by atoms with E-state index in [0.29, 0.717) is 16.0 Å². The van der Waals surface area contributed by atoms with E-state index in [1.54, 1.807) is 48.4 Å². The van der Waals surface area contributed by atoms with Gasteiger partial charge in [-0.2, -0.15) is 13.2 Å². The highest BCUT2D eigenvalue weighted by atomic mass is 32.2. The Kier molecular flexibility index (Phi) is 5.42. The number of benzene rings is 2. The Balaban J connectivity index is 1.89. The van der Waals surface area contributed by atoms with E-state index in [1.165, 1.54) is 6.07 Å². The van der Waals surface area contributed by atoms with Crippen molar-refractivity contribution in [2.75, 3.05) is 6.26 Å². The Morgan fingerprint density at radius 2 is 1.78 bits per heavy atom. The molecule has 0 aromatic heterocycles. The summed E-state index contributed by atoms with van der Waals surface area (Å²) in [5.41, 5.74) is 0.177. The molecule has 1 fully saturated rings. The Hall–Kier alpha value is -2.15. The number of amides is 1. The molecule has 144 valence electrons. The van der Waals surface area contributed by atoms with Crippen LogP contribution in [0.3, 0.4) is 0 Å². The van der Waals surface area contributed by atoms with Gasteiger partial charge < -0.3 is 4.90 Å². The molecule has 0 saturated heterocycles. The third-order valence-corrected chi connectivity index (χ3v) is 5.66. The van der Waals surface area contributed by atoms with Gasteiger partial charge in [0.2, 0.25) is 0 Å². The second-order valence-corrected chi connectivity index (χ2v) is 8.10. The third kappa shape index (κ3) is 4.40. The normalized spacial score (nSPS) is 16.6. The van der Waals surface area contributed by atoms with E-state index in [-0.39, 0.29) is 11.9 Å². The largest absolute Gasteiger partial charge is 0.416 e. The van der Waals surface area contributed by atoms with Gasteiger partial charge in [0.1, 0.15) is 0 Å². The van der Waals surface area contributed by atoms with Gasteiger partial charge in [0.15, 0.2) is 0 Å². The zero-order valence-corrected chi connectivity index (χ0v) is 15.8. The van der Waals surface area contributed by atoms with Gasteiger partial charge in [0, 0.05) is 33.6 Å². The van der Waals surface area contributed by atoms with Crippen LogP contribution in [0.25, 0.3) is 0 Å². The van der Waals surface area contributed by atoms with E-state index in [0.717, 1.165) is 25.0 Å². The van der Waals surface area contributed by atoms with Gasteiger partial charge in [-0.25, -0.2) is 0 Å². The maximum absolute atomic E-state index is 13.0. The highest BCUT2D eigenvalue weighted by Crippen LogP contribution is 2.37. The Morgan fingerprint density at radius 3 is 2.30 bits per heavy atom. The number of rotatable bonds is 5. The number of carbonyl (C=O) groups excluding carboxylic acids is 1. The maximum Gasteiger partial charge on any atom is 0.416 e. The van der Waals surface area contributed by atoms with Crippen LogP contribution in [-0.4, -0.2) is 27.3 Å². The van der Waals surface area contributed by atoms with E-state index in [4.69, 9.17) is 0 Å². The number of nitrogens with zero attached hydrogens (tertiary/aromatic N) is 1. The SMILES string of the molecule is C[C@@H](c1cccc(C(F)(F)F)c1)N(C(=O)c1ccc([S@](C)=O)cc1)C1CC1. The first-order valence-corrected chi connectivity index (χ1v) is 10.2. The molecule has 2 atom stereocenters. The Bertz CT molecular complexity index is 860. The van der Waals surface area contributed by atoms with Crippen molar-refractivity contribution >= 4 is 16.7 Å². The van der Waals surface area contributed by atoms with Crippen LogP contribution in [0.1, 0.15) is 47.3 Å². The number of halogens is 3. The fraction of sp³-hybridized carbons (Fsp3) is 0.350. The molecule has 0 aliphatic heterocycles. The predicted molar refractivity (Wildman–Crippen MR) is 97.8 cm³/mol. The summed E-state index contributed by atoms with van der Waals surface area (Å²) in [5, 5.41) is 0. The average molecular weight is 395 g/mol. The molecule has 2 aromatic carbocycles. The van der Waals surface area contributed by atoms with E-state index < -0.39 is 28.6 Å². The first kappa shape index (κ1) is 19.6. The topological polar surface area (TPSA) is 37.4 Å². The van der Waals surface area contributed by atoms with Crippen molar-refractivity contribution in [3.63, 3.8) is 0 Å². The second-order valence-electron chi connectivity index (χ2n) is 6.72. The average Bonchev–Trinajstić information content (AvgIpc) is 3.46. The van der Waals surface area contributed by atoms with Crippen molar-refractivity contribution in [1.29, 1.82) is 0 Å². The highest BCUT2D eigenvalue weighted by Gasteiger charge is 2.37. The molecule has 0 unspecified atom stereocenters. The minimum absolute atomic E-state index is 0.0297. The van der Waals surface area contributed by atoms with Crippen molar-refractivity contribution in [1.82, 2.24) is 4.90 Å². The molecule has 0 bridgehead atoms. The van der Waals surface area contributed by atoms with Crippen molar-refractivity contribution in [3.05, 3.63) is 65.2 Å². The van der Waals surface area contributed by atoms with Crippen LogP contribution in [-0.2, 0) is 17.0 Å². The molecule has 3 rings (SSSR count). The monoisotopic (exact) mass is 395 g/mol. The van der Waals surface area contributed by atoms with E-state index >= 15 is 0 Å². The summed E-state index contributed by atoms with van der Waals surface area (Å²) in [5.74, 6) is -0.226. The zero-order chi connectivity index (χ0) is 19.8. The quantitative estimate of drug-likeness (QED) is 0.729. The molecule has 0 heterocycles. The lowest BCUT2D eigenvalue weighted by Crippen LogP contribution is -2.35. The molecular weight excluding hydrogens is 375 g/mol. The molecule has 3 nitrogen and oxygen atoms in total. The summed E-state index contributed by atoms with van der Waals surface area (Å²) < 4.78 is 50.6. The van der Waals surface area contributed by atoms with Crippen LogP contribution in [0.4, 0.5) is 13.2 Å². The smallest absolute Gasteiger partial charge is 0.329 e. The maximum atomic E-state index is 13.0. The minimum atomic E-state index is -4.42. The summed E-state index contributed by atoms with van der Waals surface area (Å²) >= 11 is 0. The van der Waals surface area contributed by atoms with Crippen LogP contribution >= 0.6 is 0 Å². The van der Waals surface area contributed by atoms with E-state index in [2.05, 4.69) is 0 Å². The fourth-order valence-corrected chi connectivity index (χ4v) is 3.60. The summed E-state index contributed by atoms with van der Waals surface area (Å²) in [6, 6.07) is 11.2. The molecule has 27 heavy (non-hydrogen) atoms. The first-order chi connectivity index (χ1) is 12.7. The van der Waals surface area contributed by atoms with E-state index in [1.807, 2.05) is 0 Å². The van der Waals surface area contributed by atoms with Gasteiger partial charge in [-0.1, -0.05) is 12.1 Å². The standard InChI is InChI=1S/C20H20F3NO2S/c1-13(15-4-3-5-16(12-15)20(21,22)23)24(17-8-9-17)19(25)14-6-10-18(11-7-14)27(2)26/h3-7,10-13,17H,8-9H2,1-2H3/t13-,27-/m0/s1. The second kappa shape index (κ2) is 7.46. The molecule has 1 aliphatic rings. The number of hydrogen-bond donors (Lipinski definition) is 0. The molecule has 2 aromatic rings. The molecule has 7 heteroatoms. The molecule has 0 radical (unpaired) electrons. The Morgan fingerprint density at radius 1 is 1.15 bits per heavy atom. The lowest BCUT2D eigenvalue weighted by atomic mass is 10.0. The molecule has 1 aliphatic carbocycles. The van der Waals surface area contributed by atoms with Crippen LogP contribution in [0.5, 0.6) is 0 Å². The Labute approximate surface area is 158 Å². The van der Waals surface area contributed by atoms with Gasteiger partial charge in [-0.15, -0.1) is 0 Å². The first-order valence-electron chi connectivity index (χ1n) is 8.62. The summed E-state index contributed by atoms with van der Waals surface area (Å²) in [7, 11) is -1.14. The summed E-state index contributed by atoms with van der Waals surface area (Å²) in [4.78, 5) is 15.3. The van der Waals surface area contributed by atoms with Crippen molar-refractivity contribution < 1.29 is 22.2 Å². The van der Waals surface area contributed by atoms with Gasteiger partial charge in [-0.05, 0) is 61.7 Å². The van der Waals surface area contributed by atoms with E-state index in [9.17, 15) is 22.2 Å². The van der Waals surface area contributed by atoms with Gasteiger partial charge in [-0.3, -0.25) is 9.00 Å². The summed E-state index contributed by atoms with van der Waals surface area (Å²) in [6.07, 6.45) is -1.18. The highest BCUT2D eigenvalue weighted by molar-refractivity contribution is 7.84. The number of alkyl halides is 3. The molecule has 1 amide bonds. The molecule has 1 saturated carbocycles. The van der Waals surface area contributed by atoms with Crippen LogP contribution < -0.4 is 0 Å². The zero-order valence-electron chi connectivity index (χ0n) is 15.0. The minimum Gasteiger partial charge on any atom is -0.329 e. The molecular formula is C20H20F3NO2S. The molecule has 0 spiro atoms. The third-order valence-electron chi connectivity index (χ3n) is 4.72. The lowest BCUT2D eigenvalue weighted by Gasteiger charge is -2.30. The van der Waals surface area contributed by atoms with Crippen LogP contribution in [0, 0.1) is 0 Å². The number of hydrogen-bond acceptors (Lipinski definition) is 2. The van der Waals surface area contributed by atoms with Gasteiger partial charge >= 0.3 is 6.18 Å². The van der Waals surface area contributed by atoms with Crippen molar-refractivity contribution in [3.8, 4) is 0 Å². The van der Waals surface area contributed by atoms with Gasteiger partial charge in [0.05, 0.1) is 11.6 Å². The molecule has 0 N–H and O–H groups in total.